The lowest BCUT2D eigenvalue weighted by Crippen LogP contribution is -2.43. The largest absolute Gasteiger partial charge is 0.337 e. The predicted molar refractivity (Wildman–Crippen MR) is 80.5 cm³/mol. The molecular formula is C14H24N4O2S. The van der Waals surface area contributed by atoms with Crippen LogP contribution in [0.4, 0.5) is 0 Å². The van der Waals surface area contributed by atoms with Crippen molar-refractivity contribution < 1.29 is 8.42 Å². The Morgan fingerprint density at radius 2 is 2.14 bits per heavy atom. The van der Waals surface area contributed by atoms with E-state index in [2.05, 4.69) is 10.3 Å². The van der Waals surface area contributed by atoms with Gasteiger partial charge in [-0.2, -0.15) is 4.31 Å². The van der Waals surface area contributed by atoms with Crippen molar-refractivity contribution >= 4 is 10.0 Å². The maximum Gasteiger partial charge on any atom is 0.262 e. The molecule has 7 heteroatoms. The van der Waals surface area contributed by atoms with E-state index in [1.807, 2.05) is 14.0 Å². The minimum atomic E-state index is -3.45. The van der Waals surface area contributed by atoms with Gasteiger partial charge in [-0.05, 0) is 45.1 Å². The number of nitrogens with one attached hydrogen (secondary N) is 1. The molecule has 1 saturated heterocycles. The molecule has 6 nitrogen and oxygen atoms in total. The number of aryl methyl sites for hydroxylation is 2. The van der Waals surface area contributed by atoms with Gasteiger partial charge in [0.15, 0.2) is 5.03 Å². The topological polar surface area (TPSA) is 67.2 Å². The quantitative estimate of drug-likeness (QED) is 0.876. The third kappa shape index (κ3) is 3.30. The van der Waals surface area contributed by atoms with Gasteiger partial charge in [-0.1, -0.05) is 0 Å². The van der Waals surface area contributed by atoms with Gasteiger partial charge in [-0.15, -0.1) is 0 Å². The van der Waals surface area contributed by atoms with Crippen LogP contribution in [0.1, 0.15) is 31.5 Å². The van der Waals surface area contributed by atoms with Crippen molar-refractivity contribution in [2.45, 2.75) is 43.7 Å². The van der Waals surface area contributed by atoms with Crippen LogP contribution in [0.2, 0.25) is 0 Å². The lowest BCUT2D eigenvalue weighted by molar-refractivity contribution is 0.259. The molecule has 0 amide bonds. The van der Waals surface area contributed by atoms with Gasteiger partial charge in [0, 0.05) is 32.4 Å². The van der Waals surface area contributed by atoms with Gasteiger partial charge in [-0.25, -0.2) is 13.4 Å². The molecule has 2 aliphatic rings. The van der Waals surface area contributed by atoms with E-state index in [4.69, 9.17) is 0 Å². The predicted octanol–water partition coefficient (Wildman–Crippen LogP) is 0.881. The van der Waals surface area contributed by atoms with Gasteiger partial charge in [0.05, 0.1) is 0 Å². The summed E-state index contributed by atoms with van der Waals surface area (Å²) in [5, 5.41) is 3.69. The second kappa shape index (κ2) is 5.70. The van der Waals surface area contributed by atoms with Crippen molar-refractivity contribution in [2.24, 2.45) is 13.0 Å². The first-order valence-electron chi connectivity index (χ1n) is 7.70. The zero-order chi connectivity index (χ0) is 15.0. The highest BCUT2D eigenvalue weighted by Gasteiger charge is 2.32. The number of hydrogen-bond acceptors (Lipinski definition) is 4. The summed E-state index contributed by atoms with van der Waals surface area (Å²) >= 11 is 0. The normalized spacial score (nSPS) is 24.4. The maximum atomic E-state index is 12.7. The SMILES string of the molecule is Cc1nc(S(=O)(=O)N2CCCC(CNC3CC3)C2)cn1C. The smallest absolute Gasteiger partial charge is 0.262 e. The van der Waals surface area contributed by atoms with Crippen molar-refractivity contribution in [3.8, 4) is 0 Å². The van der Waals surface area contributed by atoms with Crippen molar-refractivity contribution in [2.75, 3.05) is 19.6 Å². The van der Waals surface area contributed by atoms with Gasteiger partial charge in [0.25, 0.3) is 10.0 Å². The average Bonchev–Trinajstić information content (AvgIpc) is 3.23. The average molecular weight is 312 g/mol. The summed E-state index contributed by atoms with van der Waals surface area (Å²) in [6.07, 6.45) is 6.18. The Bertz CT molecular complexity index is 587. The summed E-state index contributed by atoms with van der Waals surface area (Å²) in [5.74, 6) is 1.14. The van der Waals surface area contributed by atoms with Crippen molar-refractivity contribution in [3.05, 3.63) is 12.0 Å². The van der Waals surface area contributed by atoms with Crippen LogP contribution in [0.15, 0.2) is 11.2 Å². The molecule has 1 saturated carbocycles. The monoisotopic (exact) mass is 312 g/mol. The molecule has 1 aromatic rings. The van der Waals surface area contributed by atoms with Gasteiger partial charge in [0.1, 0.15) is 5.82 Å². The third-order valence-electron chi connectivity index (χ3n) is 4.45. The first-order valence-corrected chi connectivity index (χ1v) is 9.14. The standard InChI is InChI=1S/C14H24N4O2S/c1-11-16-14(10-17(11)2)21(19,20)18-7-3-4-12(9-18)8-15-13-5-6-13/h10,12-13,15H,3-9H2,1-2H3. The van der Waals surface area contributed by atoms with Crippen LogP contribution < -0.4 is 5.32 Å². The summed E-state index contributed by atoms with van der Waals surface area (Å²) in [6, 6.07) is 0.676. The minimum absolute atomic E-state index is 0.179. The van der Waals surface area contributed by atoms with E-state index in [9.17, 15) is 8.42 Å². The molecule has 0 spiro atoms. The Kier molecular flexibility index (Phi) is 4.07. The van der Waals surface area contributed by atoms with Crippen LogP contribution in [0.5, 0.6) is 0 Å². The Morgan fingerprint density at radius 3 is 2.76 bits per heavy atom. The number of aromatic nitrogens is 2. The Hall–Kier alpha value is -0.920. The van der Waals surface area contributed by atoms with Crippen molar-refractivity contribution in [1.82, 2.24) is 19.2 Å². The number of sulfonamides is 1. The third-order valence-corrected chi connectivity index (χ3v) is 6.18. The second-order valence-electron chi connectivity index (χ2n) is 6.29. The van der Waals surface area contributed by atoms with E-state index < -0.39 is 10.0 Å². The molecule has 1 N–H and O–H groups in total. The maximum absolute atomic E-state index is 12.7. The second-order valence-corrected chi connectivity index (χ2v) is 8.18. The van der Waals surface area contributed by atoms with E-state index in [1.165, 1.54) is 12.8 Å². The zero-order valence-corrected chi connectivity index (χ0v) is 13.6. The summed E-state index contributed by atoms with van der Waals surface area (Å²) < 4.78 is 28.7. The zero-order valence-electron chi connectivity index (χ0n) is 12.7. The van der Waals surface area contributed by atoms with Gasteiger partial charge in [0.2, 0.25) is 0 Å². The molecule has 2 fully saturated rings. The Morgan fingerprint density at radius 1 is 1.38 bits per heavy atom. The fraction of sp³-hybridized carbons (Fsp3) is 0.786. The number of hydrogen-bond donors (Lipinski definition) is 1. The molecular weight excluding hydrogens is 288 g/mol. The molecule has 1 unspecified atom stereocenters. The Labute approximate surface area is 126 Å². The molecule has 3 rings (SSSR count). The summed E-state index contributed by atoms with van der Waals surface area (Å²) in [6.45, 7) is 3.96. The van der Waals surface area contributed by atoms with Crippen molar-refractivity contribution in [1.29, 1.82) is 0 Å². The van der Waals surface area contributed by atoms with E-state index in [0.717, 1.165) is 25.2 Å². The van der Waals surface area contributed by atoms with Crippen LogP contribution >= 0.6 is 0 Å². The van der Waals surface area contributed by atoms with Crippen LogP contribution in [-0.2, 0) is 17.1 Å². The molecule has 118 valence electrons. The van der Waals surface area contributed by atoms with E-state index >= 15 is 0 Å². The van der Waals surface area contributed by atoms with Crippen LogP contribution in [0.25, 0.3) is 0 Å². The fourth-order valence-corrected chi connectivity index (χ4v) is 4.40. The van der Waals surface area contributed by atoms with Crippen LogP contribution in [0.3, 0.4) is 0 Å². The first-order chi connectivity index (χ1) is 9.96. The molecule has 1 aromatic heterocycles. The molecule has 1 aliphatic carbocycles. The van der Waals surface area contributed by atoms with E-state index in [0.29, 0.717) is 25.0 Å². The molecule has 0 radical (unpaired) electrons. The summed E-state index contributed by atoms with van der Waals surface area (Å²) in [4.78, 5) is 4.18. The number of rotatable bonds is 5. The van der Waals surface area contributed by atoms with Crippen molar-refractivity contribution in [3.63, 3.8) is 0 Å². The molecule has 1 aliphatic heterocycles. The number of imidazole rings is 1. The highest BCUT2D eigenvalue weighted by Crippen LogP contribution is 2.24. The number of nitrogens with zero attached hydrogens (tertiary/aromatic N) is 3. The van der Waals surface area contributed by atoms with Crippen LogP contribution in [0, 0.1) is 12.8 Å². The van der Waals surface area contributed by atoms with Crippen LogP contribution in [-0.4, -0.2) is 48.0 Å². The Balaban J connectivity index is 1.68. The van der Waals surface area contributed by atoms with Gasteiger partial charge in [-0.3, -0.25) is 0 Å². The lowest BCUT2D eigenvalue weighted by Gasteiger charge is -2.31. The first kappa shape index (κ1) is 15.0. The van der Waals surface area contributed by atoms with Gasteiger partial charge >= 0.3 is 0 Å². The van der Waals surface area contributed by atoms with Gasteiger partial charge < -0.3 is 9.88 Å². The lowest BCUT2D eigenvalue weighted by atomic mass is 10.00. The summed E-state index contributed by atoms with van der Waals surface area (Å²) in [7, 11) is -1.63. The van der Waals surface area contributed by atoms with E-state index in [1.54, 1.807) is 15.1 Å². The number of piperidine rings is 1. The summed E-state index contributed by atoms with van der Waals surface area (Å²) in [5.41, 5.74) is 0. The fourth-order valence-electron chi connectivity index (χ4n) is 2.82. The van der Waals surface area contributed by atoms with E-state index in [-0.39, 0.29) is 5.03 Å². The molecule has 21 heavy (non-hydrogen) atoms. The molecule has 2 heterocycles. The highest BCUT2D eigenvalue weighted by molar-refractivity contribution is 7.89. The molecule has 0 bridgehead atoms. The molecule has 0 aromatic carbocycles. The molecule has 1 atom stereocenters. The highest BCUT2D eigenvalue weighted by atomic mass is 32.2. The minimum Gasteiger partial charge on any atom is -0.337 e.